The number of hydrogen-bond donors (Lipinski definition) is 0. The Morgan fingerprint density at radius 2 is 1.84 bits per heavy atom. The van der Waals surface area contributed by atoms with Crippen LogP contribution in [-0.2, 0) is 14.3 Å². The third kappa shape index (κ3) is 6.30. The van der Waals surface area contributed by atoms with Crippen LogP contribution in [0.5, 0.6) is 5.75 Å². The van der Waals surface area contributed by atoms with Gasteiger partial charge in [0.25, 0.3) is 5.91 Å². The number of ether oxygens (including phenoxy) is 2. The molecule has 2 aromatic rings. The van der Waals surface area contributed by atoms with Crippen molar-refractivity contribution in [1.29, 1.82) is 0 Å². The molecule has 3 rings (SSSR count). The van der Waals surface area contributed by atoms with Crippen molar-refractivity contribution in [3.63, 3.8) is 0 Å². The molecule has 2 atom stereocenters. The SMILES string of the molecule is COc1ccc([C@@H]2Sc3c(Cl)cccc3N(CCN(C)C)C(=O)[C@@H]2OC(C)=O)cc1.Cl.O. The lowest BCUT2D eigenvalue weighted by molar-refractivity contribution is -0.152. The second kappa shape index (κ2) is 12.3. The lowest BCUT2D eigenvalue weighted by Crippen LogP contribution is -2.45. The Morgan fingerprint density at radius 3 is 2.41 bits per heavy atom. The predicted octanol–water partition coefficient (Wildman–Crippen LogP) is 3.62. The Hall–Kier alpha value is -1.97. The van der Waals surface area contributed by atoms with Gasteiger partial charge >= 0.3 is 5.97 Å². The zero-order valence-electron chi connectivity index (χ0n) is 18.3. The van der Waals surface area contributed by atoms with Crippen LogP contribution >= 0.6 is 35.8 Å². The van der Waals surface area contributed by atoms with E-state index < -0.39 is 17.3 Å². The van der Waals surface area contributed by atoms with Crippen molar-refractivity contribution < 1.29 is 24.5 Å². The van der Waals surface area contributed by atoms with Crippen molar-refractivity contribution in [1.82, 2.24) is 4.90 Å². The van der Waals surface area contributed by atoms with Crippen molar-refractivity contribution in [2.45, 2.75) is 23.2 Å². The second-order valence-corrected chi connectivity index (χ2v) is 8.78. The number of thioether (sulfide) groups is 1. The van der Waals surface area contributed by atoms with E-state index in [0.717, 1.165) is 16.1 Å². The summed E-state index contributed by atoms with van der Waals surface area (Å²) >= 11 is 7.98. The average Bonchev–Trinajstić information content (AvgIpc) is 2.82. The summed E-state index contributed by atoms with van der Waals surface area (Å²) < 4.78 is 10.8. The van der Waals surface area contributed by atoms with E-state index in [1.165, 1.54) is 18.7 Å². The Bertz CT molecular complexity index is 927. The van der Waals surface area contributed by atoms with Crippen molar-refractivity contribution >= 4 is 53.3 Å². The molecule has 7 nitrogen and oxygen atoms in total. The van der Waals surface area contributed by atoms with Gasteiger partial charge in [0.2, 0.25) is 0 Å². The number of carbonyl (C=O) groups excluding carboxylic acids is 2. The normalized spacial score (nSPS) is 17.6. The monoisotopic (exact) mass is 502 g/mol. The molecule has 0 saturated carbocycles. The van der Waals surface area contributed by atoms with Gasteiger partial charge in [-0.2, -0.15) is 0 Å². The molecule has 0 bridgehead atoms. The number of methoxy groups -OCH3 is 1. The molecule has 0 saturated heterocycles. The van der Waals surface area contributed by atoms with E-state index in [-0.39, 0.29) is 23.8 Å². The van der Waals surface area contributed by atoms with Gasteiger partial charge in [-0.1, -0.05) is 29.8 Å². The number of amides is 1. The van der Waals surface area contributed by atoms with Crippen LogP contribution in [0.4, 0.5) is 5.69 Å². The Balaban J connectivity index is 0.00000256. The van der Waals surface area contributed by atoms with E-state index in [0.29, 0.717) is 23.9 Å². The molecule has 0 aliphatic carbocycles. The van der Waals surface area contributed by atoms with Crippen LogP contribution in [0.15, 0.2) is 47.4 Å². The third-order valence-corrected chi connectivity index (χ3v) is 6.64. The number of fused-ring (bicyclic) bond motifs is 1. The number of nitrogens with zero attached hydrogens (tertiary/aromatic N) is 2. The lowest BCUT2D eigenvalue weighted by Gasteiger charge is -2.28. The maximum absolute atomic E-state index is 13.6. The number of anilines is 1. The van der Waals surface area contributed by atoms with Crippen molar-refractivity contribution in [2.24, 2.45) is 0 Å². The van der Waals surface area contributed by atoms with Gasteiger partial charge in [0.15, 0.2) is 6.10 Å². The number of carbonyl (C=O) groups is 2. The molecule has 0 radical (unpaired) electrons. The minimum absolute atomic E-state index is 0. The van der Waals surface area contributed by atoms with Crippen molar-refractivity contribution in [3.05, 3.63) is 53.1 Å². The van der Waals surface area contributed by atoms with E-state index in [1.54, 1.807) is 18.1 Å². The molecule has 0 fully saturated rings. The standard InChI is InChI=1S/C22H25ClN2O4S.ClH.H2O/c1-14(26)29-19-20(15-8-10-16(28-4)11-9-15)30-21-17(23)6-5-7-18(21)25(22(19)27)13-12-24(2)3;;/h5-11,19-20H,12-13H2,1-4H3;1H;1H2/t19-,20+;;/m1../s1. The van der Waals surface area contributed by atoms with Gasteiger partial charge in [0.05, 0.1) is 28.0 Å². The number of rotatable bonds is 6. The van der Waals surface area contributed by atoms with E-state index >= 15 is 0 Å². The van der Waals surface area contributed by atoms with E-state index in [1.807, 2.05) is 55.4 Å². The largest absolute Gasteiger partial charge is 0.497 e. The highest BCUT2D eigenvalue weighted by atomic mass is 35.5. The van der Waals surface area contributed by atoms with Crippen molar-refractivity contribution in [3.8, 4) is 5.75 Å². The van der Waals surface area contributed by atoms with Gasteiger partial charge in [-0.05, 0) is 43.9 Å². The first-order chi connectivity index (χ1) is 14.3. The first kappa shape index (κ1) is 28.1. The van der Waals surface area contributed by atoms with Crippen LogP contribution in [0.2, 0.25) is 5.02 Å². The molecule has 2 N–H and O–H groups in total. The molecule has 2 aromatic carbocycles. The molecule has 1 amide bonds. The third-order valence-electron chi connectivity index (χ3n) is 4.77. The van der Waals surface area contributed by atoms with Gasteiger partial charge < -0.3 is 24.7 Å². The van der Waals surface area contributed by atoms with Crippen LogP contribution in [0.1, 0.15) is 17.7 Å². The molecule has 1 aliphatic rings. The summed E-state index contributed by atoms with van der Waals surface area (Å²) in [6.07, 6.45) is -0.980. The topological polar surface area (TPSA) is 90.6 Å². The molecule has 0 aromatic heterocycles. The maximum atomic E-state index is 13.6. The molecular formula is C22H28Cl2N2O5S. The summed E-state index contributed by atoms with van der Waals surface area (Å²) in [6, 6.07) is 12.9. The minimum Gasteiger partial charge on any atom is -0.497 e. The summed E-state index contributed by atoms with van der Waals surface area (Å²) in [6.45, 7) is 2.42. The second-order valence-electron chi connectivity index (χ2n) is 7.22. The summed E-state index contributed by atoms with van der Waals surface area (Å²) in [5, 5.41) is 0.109. The smallest absolute Gasteiger partial charge is 0.303 e. The van der Waals surface area contributed by atoms with Gasteiger partial charge in [0, 0.05) is 20.0 Å². The highest BCUT2D eigenvalue weighted by molar-refractivity contribution is 8.00. The fourth-order valence-corrected chi connectivity index (χ4v) is 4.90. The summed E-state index contributed by atoms with van der Waals surface area (Å²) in [7, 11) is 5.48. The first-order valence-electron chi connectivity index (χ1n) is 9.54. The average molecular weight is 503 g/mol. The maximum Gasteiger partial charge on any atom is 0.303 e. The van der Waals surface area contributed by atoms with Crippen LogP contribution in [0.25, 0.3) is 0 Å². The number of benzene rings is 2. The number of esters is 1. The van der Waals surface area contributed by atoms with Gasteiger partial charge in [-0.15, -0.1) is 24.2 Å². The molecule has 0 spiro atoms. The van der Waals surface area contributed by atoms with E-state index in [9.17, 15) is 9.59 Å². The summed E-state index contributed by atoms with van der Waals surface area (Å²) in [5.41, 5.74) is 1.58. The Labute approximate surface area is 203 Å². The quantitative estimate of drug-likeness (QED) is 0.560. The fourth-order valence-electron chi connectivity index (χ4n) is 3.28. The molecular weight excluding hydrogens is 475 g/mol. The summed E-state index contributed by atoms with van der Waals surface area (Å²) in [4.78, 5) is 30.0. The molecule has 0 unspecified atom stereocenters. The molecule has 1 aliphatic heterocycles. The lowest BCUT2D eigenvalue weighted by atomic mass is 10.1. The van der Waals surface area contributed by atoms with Crippen LogP contribution in [0, 0.1) is 0 Å². The van der Waals surface area contributed by atoms with Crippen molar-refractivity contribution in [2.75, 3.05) is 39.2 Å². The molecule has 1 heterocycles. The highest BCUT2D eigenvalue weighted by Gasteiger charge is 2.41. The van der Waals surface area contributed by atoms with Crippen LogP contribution in [0.3, 0.4) is 0 Å². The zero-order chi connectivity index (χ0) is 21.8. The van der Waals surface area contributed by atoms with Crippen LogP contribution < -0.4 is 9.64 Å². The number of hydrogen-bond acceptors (Lipinski definition) is 6. The number of likely N-dealkylation sites (N-methyl/N-ethyl adjacent to an activating group) is 1. The van der Waals surface area contributed by atoms with Crippen LogP contribution in [-0.4, -0.2) is 62.7 Å². The Morgan fingerprint density at radius 1 is 1.19 bits per heavy atom. The summed E-state index contributed by atoms with van der Waals surface area (Å²) in [5.74, 6) is -0.0581. The fraction of sp³-hybridized carbons (Fsp3) is 0.364. The Kier molecular flexibility index (Phi) is 10.8. The predicted molar refractivity (Wildman–Crippen MR) is 130 cm³/mol. The zero-order valence-corrected chi connectivity index (χ0v) is 20.7. The highest BCUT2D eigenvalue weighted by Crippen LogP contribution is 2.49. The molecule has 176 valence electrons. The van der Waals surface area contributed by atoms with Gasteiger partial charge in [-0.25, -0.2) is 0 Å². The number of halogens is 2. The van der Waals surface area contributed by atoms with Gasteiger partial charge in [-0.3, -0.25) is 9.59 Å². The van der Waals surface area contributed by atoms with E-state index in [2.05, 4.69) is 0 Å². The van der Waals surface area contributed by atoms with E-state index in [4.69, 9.17) is 21.1 Å². The first-order valence-corrected chi connectivity index (χ1v) is 10.8. The molecule has 10 heteroatoms. The minimum atomic E-state index is -0.980. The van der Waals surface area contributed by atoms with Gasteiger partial charge in [0.1, 0.15) is 5.75 Å². The molecule has 32 heavy (non-hydrogen) atoms.